The van der Waals surface area contributed by atoms with Gasteiger partial charge in [-0.2, -0.15) is 0 Å². The Bertz CT molecular complexity index is 293. The number of rotatable bonds is 10. The van der Waals surface area contributed by atoms with Crippen LogP contribution in [0.3, 0.4) is 0 Å². The van der Waals surface area contributed by atoms with Gasteiger partial charge in [-0.3, -0.25) is 5.32 Å². The van der Waals surface area contributed by atoms with Crippen molar-refractivity contribution < 1.29 is 4.74 Å². The highest BCUT2D eigenvalue weighted by Gasteiger charge is 2.44. The van der Waals surface area contributed by atoms with Gasteiger partial charge in [-0.15, -0.1) is 0 Å². The molecule has 2 rings (SSSR count). The van der Waals surface area contributed by atoms with Crippen molar-refractivity contribution in [3.63, 3.8) is 0 Å². The Hall–Kier alpha value is -0.160. The Morgan fingerprint density at radius 1 is 1.09 bits per heavy atom. The number of hydrogen-bond donors (Lipinski definition) is 1. The van der Waals surface area contributed by atoms with Crippen LogP contribution < -0.4 is 5.32 Å². The topological polar surface area (TPSA) is 27.7 Å². The van der Waals surface area contributed by atoms with E-state index in [4.69, 9.17) is 4.74 Å². The van der Waals surface area contributed by atoms with Crippen LogP contribution in [-0.4, -0.2) is 69.0 Å². The third-order valence-electron chi connectivity index (χ3n) is 5.21. The first-order valence-corrected chi connectivity index (χ1v) is 9.37. The lowest BCUT2D eigenvalue weighted by atomic mass is 9.72. The van der Waals surface area contributed by atoms with Crippen LogP contribution >= 0.6 is 0 Å². The van der Waals surface area contributed by atoms with Crippen molar-refractivity contribution in [2.24, 2.45) is 11.3 Å². The first-order chi connectivity index (χ1) is 10.6. The standard InChI is InChI=1S/C18H37N3O/c1-4-13-22-16-19-8-12-20-10-6-18(7-11-20)14-21(15-18)9-5-17(2)3/h17,19H,4-16H2,1-3H3. The molecule has 1 N–H and O–H groups in total. The van der Waals surface area contributed by atoms with Gasteiger partial charge in [-0.05, 0) is 56.7 Å². The van der Waals surface area contributed by atoms with E-state index in [1.807, 2.05) is 0 Å². The summed E-state index contributed by atoms with van der Waals surface area (Å²) in [6.07, 6.45) is 5.26. The molecular formula is C18H37N3O. The second kappa shape index (κ2) is 9.21. The maximum Gasteiger partial charge on any atom is 0.0965 e. The van der Waals surface area contributed by atoms with Gasteiger partial charge in [-0.1, -0.05) is 20.8 Å². The van der Waals surface area contributed by atoms with Crippen LogP contribution in [0.4, 0.5) is 0 Å². The lowest BCUT2D eigenvalue weighted by Crippen LogP contribution is -2.60. The highest BCUT2D eigenvalue weighted by Crippen LogP contribution is 2.40. The quantitative estimate of drug-likeness (QED) is 0.495. The molecule has 2 aliphatic rings. The van der Waals surface area contributed by atoms with E-state index in [1.54, 1.807) is 0 Å². The molecule has 2 aliphatic heterocycles. The first kappa shape index (κ1) is 18.2. The summed E-state index contributed by atoms with van der Waals surface area (Å²) in [7, 11) is 0. The van der Waals surface area contributed by atoms with Gasteiger partial charge in [0.2, 0.25) is 0 Å². The minimum absolute atomic E-state index is 0.672. The van der Waals surface area contributed by atoms with Crippen molar-refractivity contribution in [3.8, 4) is 0 Å². The monoisotopic (exact) mass is 311 g/mol. The molecule has 0 atom stereocenters. The molecule has 4 nitrogen and oxygen atoms in total. The van der Waals surface area contributed by atoms with Crippen LogP contribution in [0.1, 0.15) is 46.5 Å². The lowest BCUT2D eigenvalue weighted by Gasteiger charge is -2.54. The van der Waals surface area contributed by atoms with Crippen LogP contribution in [0.5, 0.6) is 0 Å². The summed E-state index contributed by atoms with van der Waals surface area (Å²) < 4.78 is 5.45. The van der Waals surface area contributed by atoms with E-state index in [0.29, 0.717) is 12.1 Å². The molecule has 1 spiro atoms. The fraction of sp³-hybridized carbons (Fsp3) is 1.00. The van der Waals surface area contributed by atoms with Gasteiger partial charge in [0.15, 0.2) is 0 Å². The van der Waals surface area contributed by atoms with Crippen LogP contribution in [-0.2, 0) is 4.74 Å². The van der Waals surface area contributed by atoms with E-state index in [-0.39, 0.29) is 0 Å². The van der Waals surface area contributed by atoms with Gasteiger partial charge >= 0.3 is 0 Å². The van der Waals surface area contributed by atoms with E-state index in [0.717, 1.165) is 25.5 Å². The van der Waals surface area contributed by atoms with E-state index >= 15 is 0 Å². The minimum atomic E-state index is 0.672. The lowest BCUT2D eigenvalue weighted by molar-refractivity contribution is -0.0478. The van der Waals surface area contributed by atoms with Crippen LogP contribution in [0.2, 0.25) is 0 Å². The van der Waals surface area contributed by atoms with Crippen molar-refractivity contribution >= 4 is 0 Å². The van der Waals surface area contributed by atoms with E-state index in [9.17, 15) is 0 Å². The highest BCUT2D eigenvalue weighted by molar-refractivity contribution is 4.98. The Morgan fingerprint density at radius 2 is 1.82 bits per heavy atom. The molecule has 22 heavy (non-hydrogen) atoms. The number of piperidine rings is 1. The molecule has 2 fully saturated rings. The molecule has 0 amide bonds. The van der Waals surface area contributed by atoms with Gasteiger partial charge in [0, 0.05) is 32.8 Å². The molecule has 0 aromatic heterocycles. The van der Waals surface area contributed by atoms with Gasteiger partial charge in [-0.25, -0.2) is 0 Å². The number of likely N-dealkylation sites (tertiary alicyclic amines) is 2. The molecular weight excluding hydrogens is 274 g/mol. The number of nitrogens with zero attached hydrogens (tertiary/aromatic N) is 2. The SMILES string of the molecule is CCCOCNCCN1CCC2(CC1)CN(CCC(C)C)C2. The molecule has 0 unspecified atom stereocenters. The van der Waals surface area contributed by atoms with E-state index in [1.165, 1.54) is 58.5 Å². The van der Waals surface area contributed by atoms with E-state index in [2.05, 4.69) is 35.9 Å². The van der Waals surface area contributed by atoms with Crippen molar-refractivity contribution in [3.05, 3.63) is 0 Å². The van der Waals surface area contributed by atoms with Gasteiger partial charge in [0.1, 0.15) is 0 Å². The zero-order valence-corrected chi connectivity index (χ0v) is 15.1. The fourth-order valence-corrected chi connectivity index (χ4v) is 3.67. The second-order valence-electron chi connectivity index (χ2n) is 7.79. The normalized spacial score (nSPS) is 22.4. The Morgan fingerprint density at radius 3 is 2.45 bits per heavy atom. The Labute approximate surface area is 137 Å². The van der Waals surface area contributed by atoms with Crippen molar-refractivity contribution in [1.29, 1.82) is 0 Å². The number of hydrogen-bond acceptors (Lipinski definition) is 4. The fourth-order valence-electron chi connectivity index (χ4n) is 3.67. The minimum Gasteiger partial charge on any atom is -0.366 e. The van der Waals surface area contributed by atoms with Gasteiger partial charge < -0.3 is 14.5 Å². The van der Waals surface area contributed by atoms with Crippen molar-refractivity contribution in [2.45, 2.75) is 46.5 Å². The summed E-state index contributed by atoms with van der Waals surface area (Å²) in [4.78, 5) is 5.29. The molecule has 2 heterocycles. The summed E-state index contributed by atoms with van der Waals surface area (Å²) >= 11 is 0. The zero-order chi connectivity index (χ0) is 15.8. The van der Waals surface area contributed by atoms with Crippen LogP contribution in [0, 0.1) is 11.3 Å². The molecule has 0 aromatic rings. The molecule has 4 heteroatoms. The first-order valence-electron chi connectivity index (χ1n) is 9.37. The maximum atomic E-state index is 5.45. The van der Waals surface area contributed by atoms with Gasteiger partial charge in [0.25, 0.3) is 0 Å². The molecule has 130 valence electrons. The predicted molar refractivity (Wildman–Crippen MR) is 93.1 cm³/mol. The van der Waals surface area contributed by atoms with Crippen molar-refractivity contribution in [2.75, 3.05) is 59.2 Å². The third kappa shape index (κ3) is 5.80. The maximum absolute atomic E-state index is 5.45. The summed E-state index contributed by atoms with van der Waals surface area (Å²) in [5, 5.41) is 3.38. The van der Waals surface area contributed by atoms with E-state index < -0.39 is 0 Å². The molecule has 0 saturated carbocycles. The summed E-state index contributed by atoms with van der Waals surface area (Å²) in [6.45, 7) is 17.2. The van der Waals surface area contributed by atoms with Crippen LogP contribution in [0.15, 0.2) is 0 Å². The highest BCUT2D eigenvalue weighted by atomic mass is 16.5. The average molecular weight is 312 g/mol. The summed E-state index contributed by atoms with van der Waals surface area (Å²) in [5.41, 5.74) is 0.672. The van der Waals surface area contributed by atoms with Gasteiger partial charge in [0.05, 0.1) is 6.73 Å². The molecule has 2 saturated heterocycles. The zero-order valence-electron chi connectivity index (χ0n) is 15.1. The molecule has 0 bridgehead atoms. The van der Waals surface area contributed by atoms with Crippen molar-refractivity contribution in [1.82, 2.24) is 15.1 Å². The largest absolute Gasteiger partial charge is 0.366 e. The summed E-state index contributed by atoms with van der Waals surface area (Å²) in [5.74, 6) is 0.840. The Balaban J connectivity index is 1.50. The molecule has 0 radical (unpaired) electrons. The number of ether oxygens (including phenoxy) is 1. The third-order valence-corrected chi connectivity index (χ3v) is 5.21. The van der Waals surface area contributed by atoms with Crippen LogP contribution in [0.25, 0.3) is 0 Å². The number of nitrogens with one attached hydrogen (secondary N) is 1. The second-order valence-corrected chi connectivity index (χ2v) is 7.79. The predicted octanol–water partition coefficient (Wildman–Crippen LogP) is 2.40. The molecule has 0 aromatic carbocycles. The Kier molecular flexibility index (Phi) is 7.61. The molecule has 0 aliphatic carbocycles. The smallest absolute Gasteiger partial charge is 0.0965 e. The summed E-state index contributed by atoms with van der Waals surface area (Å²) in [6, 6.07) is 0. The average Bonchev–Trinajstić information content (AvgIpc) is 2.47.